The number of alkyl halides is 6. The Balaban J connectivity index is 1.95. The molecule has 0 aliphatic rings. The second-order valence-corrected chi connectivity index (χ2v) is 7.33. The zero-order chi connectivity index (χ0) is 25.1. The predicted molar refractivity (Wildman–Crippen MR) is 111 cm³/mol. The SMILES string of the molecule is O=C(O[C@@H](C(=O)Nc1cc(C(F)(F)F)ccc1Cl)c1ccccc1)c1ccccc1C(F)(F)F. The fraction of sp³-hybridized carbons (Fsp3) is 0.130. The quantitative estimate of drug-likeness (QED) is 0.305. The molecular weight excluding hydrogens is 488 g/mol. The first-order valence-electron chi connectivity index (χ1n) is 9.47. The van der Waals surface area contributed by atoms with Crippen LogP contribution < -0.4 is 5.32 Å². The maximum absolute atomic E-state index is 13.3. The van der Waals surface area contributed by atoms with Gasteiger partial charge < -0.3 is 10.1 Å². The van der Waals surface area contributed by atoms with Crippen LogP contribution in [0.2, 0.25) is 5.02 Å². The summed E-state index contributed by atoms with van der Waals surface area (Å²) in [5, 5.41) is 1.92. The van der Waals surface area contributed by atoms with Gasteiger partial charge in [0, 0.05) is 5.56 Å². The number of benzene rings is 3. The van der Waals surface area contributed by atoms with E-state index in [1.807, 2.05) is 0 Å². The van der Waals surface area contributed by atoms with Crippen molar-refractivity contribution in [2.75, 3.05) is 5.32 Å². The minimum Gasteiger partial charge on any atom is -0.444 e. The lowest BCUT2D eigenvalue weighted by molar-refractivity contribution is -0.138. The molecule has 1 amide bonds. The highest BCUT2D eigenvalue weighted by molar-refractivity contribution is 6.33. The molecule has 34 heavy (non-hydrogen) atoms. The Labute approximate surface area is 194 Å². The van der Waals surface area contributed by atoms with E-state index in [1.54, 1.807) is 6.07 Å². The summed E-state index contributed by atoms with van der Waals surface area (Å²) in [6, 6.07) is 13.3. The molecule has 0 heterocycles. The zero-order valence-electron chi connectivity index (χ0n) is 16.9. The molecule has 0 fully saturated rings. The second-order valence-electron chi connectivity index (χ2n) is 6.92. The fourth-order valence-corrected chi connectivity index (χ4v) is 3.14. The van der Waals surface area contributed by atoms with Crippen molar-refractivity contribution in [3.8, 4) is 0 Å². The highest BCUT2D eigenvalue weighted by Crippen LogP contribution is 2.35. The van der Waals surface area contributed by atoms with E-state index in [2.05, 4.69) is 5.32 Å². The van der Waals surface area contributed by atoms with E-state index < -0.39 is 52.7 Å². The van der Waals surface area contributed by atoms with Gasteiger partial charge in [0.2, 0.25) is 6.10 Å². The number of halogens is 7. The molecule has 3 aromatic rings. The van der Waals surface area contributed by atoms with Gasteiger partial charge in [-0.25, -0.2) is 4.79 Å². The molecule has 3 rings (SSSR count). The van der Waals surface area contributed by atoms with Gasteiger partial charge in [0.1, 0.15) is 0 Å². The van der Waals surface area contributed by atoms with Crippen LogP contribution in [-0.4, -0.2) is 11.9 Å². The molecular formula is C23H14ClF6NO3. The maximum Gasteiger partial charge on any atom is 0.417 e. The first-order valence-corrected chi connectivity index (χ1v) is 9.85. The molecule has 0 radical (unpaired) electrons. The number of esters is 1. The monoisotopic (exact) mass is 501 g/mol. The molecule has 0 aliphatic carbocycles. The van der Waals surface area contributed by atoms with Crippen molar-refractivity contribution in [3.05, 3.63) is 100 Å². The minimum atomic E-state index is -4.87. The molecule has 0 saturated heterocycles. The number of nitrogens with one attached hydrogen (secondary N) is 1. The Kier molecular flexibility index (Phi) is 7.21. The molecule has 178 valence electrons. The molecule has 0 bridgehead atoms. The smallest absolute Gasteiger partial charge is 0.417 e. The minimum absolute atomic E-state index is 0.0703. The van der Waals surface area contributed by atoms with E-state index in [9.17, 15) is 35.9 Å². The van der Waals surface area contributed by atoms with Crippen LogP contribution in [0.4, 0.5) is 32.0 Å². The summed E-state index contributed by atoms with van der Waals surface area (Å²) in [5.74, 6) is -2.57. The van der Waals surface area contributed by atoms with Crippen molar-refractivity contribution in [2.24, 2.45) is 0 Å². The van der Waals surface area contributed by atoms with Crippen LogP contribution in [0.15, 0.2) is 72.8 Å². The summed E-state index contributed by atoms with van der Waals surface area (Å²) in [4.78, 5) is 25.6. The number of anilines is 1. The van der Waals surface area contributed by atoms with Crippen LogP contribution in [-0.2, 0) is 21.9 Å². The summed E-state index contributed by atoms with van der Waals surface area (Å²) in [6.07, 6.45) is -11.4. The fourth-order valence-electron chi connectivity index (χ4n) is 2.98. The van der Waals surface area contributed by atoms with E-state index in [0.717, 1.165) is 18.2 Å². The van der Waals surface area contributed by atoms with Crippen molar-refractivity contribution in [2.45, 2.75) is 18.5 Å². The molecule has 0 aromatic heterocycles. The van der Waals surface area contributed by atoms with Crippen molar-refractivity contribution in [1.82, 2.24) is 0 Å². The van der Waals surface area contributed by atoms with Crippen LogP contribution >= 0.6 is 11.6 Å². The maximum atomic E-state index is 13.3. The third-order valence-corrected chi connectivity index (χ3v) is 4.90. The number of amides is 1. The standard InChI is InChI=1S/C23H14ClF6NO3/c24-17-11-10-14(22(25,26)27)12-18(17)31-20(32)19(13-6-2-1-3-7-13)34-21(33)15-8-4-5-9-16(15)23(28,29)30/h1-12,19H,(H,31,32)/t19-/m1/s1. The highest BCUT2D eigenvalue weighted by atomic mass is 35.5. The summed E-state index contributed by atoms with van der Waals surface area (Å²) in [7, 11) is 0. The molecule has 0 aliphatic heterocycles. The summed E-state index contributed by atoms with van der Waals surface area (Å²) in [5.41, 5.74) is -3.55. The first-order chi connectivity index (χ1) is 15.9. The van der Waals surface area contributed by atoms with Gasteiger partial charge in [-0.3, -0.25) is 4.79 Å². The van der Waals surface area contributed by atoms with E-state index in [1.165, 1.54) is 30.3 Å². The summed E-state index contributed by atoms with van der Waals surface area (Å²) in [6.45, 7) is 0. The van der Waals surface area contributed by atoms with Crippen molar-refractivity contribution >= 4 is 29.2 Å². The van der Waals surface area contributed by atoms with Crippen LogP contribution in [0.5, 0.6) is 0 Å². The second kappa shape index (κ2) is 9.76. The first kappa shape index (κ1) is 25.1. The average molecular weight is 502 g/mol. The van der Waals surface area contributed by atoms with Crippen molar-refractivity contribution < 1.29 is 40.7 Å². The Hall–Kier alpha value is -3.53. The number of carbonyl (C=O) groups excluding carboxylic acids is 2. The van der Waals surface area contributed by atoms with E-state index in [0.29, 0.717) is 18.2 Å². The lowest BCUT2D eigenvalue weighted by Crippen LogP contribution is -2.27. The Morgan fingerprint density at radius 1 is 0.824 bits per heavy atom. The number of hydrogen-bond acceptors (Lipinski definition) is 3. The van der Waals surface area contributed by atoms with Gasteiger partial charge in [-0.05, 0) is 30.3 Å². The molecule has 1 N–H and O–H groups in total. The van der Waals surface area contributed by atoms with Crippen LogP contribution in [0.25, 0.3) is 0 Å². The van der Waals surface area contributed by atoms with Gasteiger partial charge in [0.05, 0.1) is 27.4 Å². The Morgan fingerprint density at radius 2 is 1.44 bits per heavy atom. The largest absolute Gasteiger partial charge is 0.444 e. The van der Waals surface area contributed by atoms with Crippen LogP contribution in [0.3, 0.4) is 0 Å². The van der Waals surface area contributed by atoms with Crippen LogP contribution in [0.1, 0.15) is 33.2 Å². The third-order valence-electron chi connectivity index (χ3n) is 4.57. The van der Waals surface area contributed by atoms with Gasteiger partial charge in [-0.1, -0.05) is 54.1 Å². The number of rotatable bonds is 5. The van der Waals surface area contributed by atoms with Crippen LogP contribution in [0, 0.1) is 0 Å². The van der Waals surface area contributed by atoms with Crippen molar-refractivity contribution in [1.29, 1.82) is 0 Å². The Bertz CT molecular complexity index is 1200. The predicted octanol–water partition coefficient (Wildman–Crippen LogP) is 6.91. The van der Waals surface area contributed by atoms with Gasteiger partial charge in [-0.2, -0.15) is 26.3 Å². The van der Waals surface area contributed by atoms with E-state index in [-0.39, 0.29) is 10.6 Å². The van der Waals surface area contributed by atoms with Crippen molar-refractivity contribution in [3.63, 3.8) is 0 Å². The topological polar surface area (TPSA) is 55.4 Å². The molecule has 1 atom stereocenters. The molecule has 0 saturated carbocycles. The van der Waals surface area contributed by atoms with Gasteiger partial charge in [0.15, 0.2) is 0 Å². The third kappa shape index (κ3) is 5.88. The van der Waals surface area contributed by atoms with Gasteiger partial charge >= 0.3 is 18.3 Å². The van der Waals surface area contributed by atoms with Gasteiger partial charge in [0.25, 0.3) is 5.91 Å². The lowest BCUT2D eigenvalue weighted by atomic mass is 10.1. The lowest BCUT2D eigenvalue weighted by Gasteiger charge is -2.20. The number of ether oxygens (including phenoxy) is 1. The summed E-state index contributed by atoms with van der Waals surface area (Å²) >= 11 is 5.90. The number of carbonyl (C=O) groups is 2. The number of hydrogen-bond donors (Lipinski definition) is 1. The zero-order valence-corrected chi connectivity index (χ0v) is 17.6. The summed E-state index contributed by atoms with van der Waals surface area (Å²) < 4.78 is 84.1. The Morgan fingerprint density at radius 3 is 2.06 bits per heavy atom. The molecule has 0 spiro atoms. The highest BCUT2D eigenvalue weighted by Gasteiger charge is 2.37. The molecule has 11 heteroatoms. The molecule has 0 unspecified atom stereocenters. The van der Waals surface area contributed by atoms with E-state index >= 15 is 0 Å². The van der Waals surface area contributed by atoms with Gasteiger partial charge in [-0.15, -0.1) is 0 Å². The molecule has 3 aromatic carbocycles. The average Bonchev–Trinajstić information content (AvgIpc) is 2.78. The normalized spacial score (nSPS) is 12.7. The molecule has 4 nitrogen and oxygen atoms in total. The van der Waals surface area contributed by atoms with E-state index in [4.69, 9.17) is 16.3 Å².